The maximum absolute atomic E-state index is 12.2. The molecule has 0 aromatic carbocycles. The zero-order valence-corrected chi connectivity index (χ0v) is 11.6. The van der Waals surface area contributed by atoms with Crippen molar-refractivity contribution in [3.8, 4) is 0 Å². The molecule has 0 heterocycles. The maximum atomic E-state index is 12.2. The van der Waals surface area contributed by atoms with E-state index in [9.17, 15) is 9.59 Å². The third kappa shape index (κ3) is 2.85. The Morgan fingerprint density at radius 2 is 1.61 bits per heavy atom. The van der Waals surface area contributed by atoms with E-state index in [4.69, 9.17) is 0 Å². The van der Waals surface area contributed by atoms with Crippen LogP contribution < -0.4 is 10.6 Å². The summed E-state index contributed by atoms with van der Waals surface area (Å²) in [5, 5.41) is 5.98. The van der Waals surface area contributed by atoms with Crippen molar-refractivity contribution in [1.82, 2.24) is 10.6 Å². The van der Waals surface area contributed by atoms with E-state index < -0.39 is 5.41 Å². The van der Waals surface area contributed by atoms with E-state index in [0.29, 0.717) is 12.8 Å². The fourth-order valence-corrected chi connectivity index (χ4v) is 2.54. The van der Waals surface area contributed by atoms with Gasteiger partial charge in [-0.2, -0.15) is 0 Å². The lowest BCUT2D eigenvalue weighted by Crippen LogP contribution is -2.50. The summed E-state index contributed by atoms with van der Waals surface area (Å²) in [6.07, 6.45) is 5.87. The smallest absolute Gasteiger partial charge is 0.236 e. The number of carbonyl (C=O) groups is 2. The first kappa shape index (κ1) is 13.4. The largest absolute Gasteiger partial charge is 0.352 e. The van der Waals surface area contributed by atoms with Gasteiger partial charge >= 0.3 is 0 Å². The van der Waals surface area contributed by atoms with Gasteiger partial charge in [-0.25, -0.2) is 0 Å². The molecule has 0 aromatic heterocycles. The van der Waals surface area contributed by atoms with Crippen LogP contribution in [0.2, 0.25) is 0 Å². The van der Waals surface area contributed by atoms with Crippen LogP contribution in [0.15, 0.2) is 0 Å². The molecule has 4 heteroatoms. The van der Waals surface area contributed by atoms with Crippen LogP contribution in [0.3, 0.4) is 0 Å². The van der Waals surface area contributed by atoms with Crippen LogP contribution in [-0.2, 0) is 9.59 Å². The monoisotopic (exact) mass is 252 g/mol. The van der Waals surface area contributed by atoms with E-state index in [-0.39, 0.29) is 23.4 Å². The molecule has 102 valence electrons. The summed E-state index contributed by atoms with van der Waals surface area (Å²) in [4.78, 5) is 24.4. The molecule has 0 spiro atoms. The number of amides is 2. The first-order valence-corrected chi connectivity index (χ1v) is 6.97. The highest BCUT2D eigenvalue weighted by atomic mass is 16.2. The highest BCUT2D eigenvalue weighted by molar-refractivity contribution is 6.08. The molecule has 0 aliphatic heterocycles. The van der Waals surface area contributed by atoms with Crippen LogP contribution in [0.5, 0.6) is 0 Å². The van der Waals surface area contributed by atoms with Gasteiger partial charge in [0.25, 0.3) is 0 Å². The first-order valence-electron chi connectivity index (χ1n) is 6.97. The molecule has 0 aromatic rings. The maximum Gasteiger partial charge on any atom is 0.236 e. The minimum Gasteiger partial charge on any atom is -0.352 e. The zero-order chi connectivity index (χ0) is 13.4. The van der Waals surface area contributed by atoms with Crippen molar-refractivity contribution in [3.05, 3.63) is 0 Å². The summed E-state index contributed by atoms with van der Waals surface area (Å²) < 4.78 is 0. The Hall–Kier alpha value is -1.06. The van der Waals surface area contributed by atoms with E-state index in [0.717, 1.165) is 12.8 Å². The lowest BCUT2D eigenvalue weighted by Gasteiger charge is -2.25. The summed E-state index contributed by atoms with van der Waals surface area (Å²) in [7, 11) is 0. The lowest BCUT2D eigenvalue weighted by molar-refractivity contribution is -0.138. The second-order valence-electron chi connectivity index (χ2n) is 6.74. The van der Waals surface area contributed by atoms with Crippen molar-refractivity contribution >= 4 is 11.8 Å². The molecule has 0 radical (unpaired) electrons. The molecule has 0 bridgehead atoms. The van der Waals surface area contributed by atoms with E-state index in [1.807, 2.05) is 20.8 Å². The third-order valence-corrected chi connectivity index (χ3v) is 3.80. The topological polar surface area (TPSA) is 58.2 Å². The molecular formula is C14H24N2O2. The molecule has 2 fully saturated rings. The van der Waals surface area contributed by atoms with E-state index in [1.54, 1.807) is 0 Å². The number of nitrogens with one attached hydrogen (secondary N) is 2. The summed E-state index contributed by atoms with van der Waals surface area (Å²) in [6, 6.07) is 0.289. The molecule has 2 amide bonds. The van der Waals surface area contributed by atoms with Crippen molar-refractivity contribution < 1.29 is 9.59 Å². The molecule has 0 atom stereocenters. The molecule has 2 saturated carbocycles. The normalized spacial score (nSPS) is 22.6. The summed E-state index contributed by atoms with van der Waals surface area (Å²) >= 11 is 0. The van der Waals surface area contributed by atoms with E-state index in [2.05, 4.69) is 10.6 Å². The van der Waals surface area contributed by atoms with Gasteiger partial charge in [0.2, 0.25) is 11.8 Å². The minimum absolute atomic E-state index is 0.0591. The van der Waals surface area contributed by atoms with Gasteiger partial charge in [-0.1, -0.05) is 12.8 Å². The predicted molar refractivity (Wildman–Crippen MR) is 70.0 cm³/mol. The number of carbonyl (C=O) groups excluding carboxylic acids is 2. The van der Waals surface area contributed by atoms with Crippen molar-refractivity contribution in [2.24, 2.45) is 5.41 Å². The SMILES string of the molecule is CC(C)(C)NC(=O)C1(C(=O)NC2CCCC2)CC1. The van der Waals surface area contributed by atoms with Crippen LogP contribution >= 0.6 is 0 Å². The van der Waals surface area contributed by atoms with Crippen molar-refractivity contribution in [3.63, 3.8) is 0 Å². The Kier molecular flexibility index (Phi) is 3.39. The highest BCUT2D eigenvalue weighted by Crippen LogP contribution is 2.46. The van der Waals surface area contributed by atoms with Gasteiger partial charge in [0.15, 0.2) is 0 Å². The second kappa shape index (κ2) is 4.56. The second-order valence-corrected chi connectivity index (χ2v) is 6.74. The Morgan fingerprint density at radius 3 is 2.06 bits per heavy atom. The molecule has 2 N–H and O–H groups in total. The van der Waals surface area contributed by atoms with Gasteiger partial charge in [0.05, 0.1) is 0 Å². The molecule has 4 nitrogen and oxygen atoms in total. The standard InChI is InChI=1S/C14H24N2O2/c1-13(2,3)16-12(18)14(8-9-14)11(17)15-10-6-4-5-7-10/h10H,4-9H2,1-3H3,(H,15,17)(H,16,18). The van der Waals surface area contributed by atoms with Crippen molar-refractivity contribution in [1.29, 1.82) is 0 Å². The average molecular weight is 252 g/mol. The van der Waals surface area contributed by atoms with Gasteiger partial charge in [0, 0.05) is 11.6 Å². The summed E-state index contributed by atoms with van der Waals surface area (Å²) in [5.41, 5.74) is -1.05. The minimum atomic E-state index is -0.768. The molecule has 18 heavy (non-hydrogen) atoms. The van der Waals surface area contributed by atoms with Crippen molar-refractivity contribution in [2.45, 2.75) is 70.9 Å². The average Bonchev–Trinajstić information content (AvgIpc) is 2.91. The highest BCUT2D eigenvalue weighted by Gasteiger charge is 2.57. The molecular weight excluding hydrogens is 228 g/mol. The fourth-order valence-electron chi connectivity index (χ4n) is 2.54. The Balaban J connectivity index is 1.93. The molecule has 2 rings (SSSR count). The number of hydrogen-bond acceptors (Lipinski definition) is 2. The Morgan fingerprint density at radius 1 is 1.06 bits per heavy atom. The third-order valence-electron chi connectivity index (χ3n) is 3.80. The zero-order valence-electron chi connectivity index (χ0n) is 11.6. The number of rotatable bonds is 3. The van der Waals surface area contributed by atoms with Crippen LogP contribution in [0, 0.1) is 5.41 Å². The number of hydrogen-bond donors (Lipinski definition) is 2. The fraction of sp³-hybridized carbons (Fsp3) is 0.857. The summed E-state index contributed by atoms with van der Waals surface area (Å²) in [6.45, 7) is 5.82. The molecule has 0 saturated heterocycles. The van der Waals surface area contributed by atoms with E-state index in [1.165, 1.54) is 12.8 Å². The molecule has 2 aliphatic rings. The first-order chi connectivity index (χ1) is 8.33. The molecule has 2 aliphatic carbocycles. The van der Waals surface area contributed by atoms with Crippen LogP contribution in [0.25, 0.3) is 0 Å². The Bertz CT molecular complexity index is 347. The Labute approximate surface area is 109 Å². The van der Waals surface area contributed by atoms with Crippen LogP contribution in [0.4, 0.5) is 0 Å². The van der Waals surface area contributed by atoms with Crippen LogP contribution in [0.1, 0.15) is 59.3 Å². The van der Waals surface area contributed by atoms with Gasteiger partial charge in [-0.3, -0.25) is 9.59 Å². The quantitative estimate of drug-likeness (QED) is 0.752. The van der Waals surface area contributed by atoms with Gasteiger partial charge in [-0.05, 0) is 46.5 Å². The summed E-state index contributed by atoms with van der Waals surface area (Å²) in [5.74, 6) is -0.165. The predicted octanol–water partition coefficient (Wildman–Crippen LogP) is 1.74. The van der Waals surface area contributed by atoms with Gasteiger partial charge in [0.1, 0.15) is 5.41 Å². The van der Waals surface area contributed by atoms with Gasteiger partial charge in [-0.15, -0.1) is 0 Å². The molecule has 0 unspecified atom stereocenters. The lowest BCUT2D eigenvalue weighted by atomic mass is 10.0. The van der Waals surface area contributed by atoms with Crippen molar-refractivity contribution in [2.75, 3.05) is 0 Å². The van der Waals surface area contributed by atoms with E-state index >= 15 is 0 Å². The van der Waals surface area contributed by atoms with Crippen LogP contribution in [-0.4, -0.2) is 23.4 Å². The van der Waals surface area contributed by atoms with Gasteiger partial charge < -0.3 is 10.6 Å².